The number of halogens is 4. The third-order valence-corrected chi connectivity index (χ3v) is 3.82. The summed E-state index contributed by atoms with van der Waals surface area (Å²) in [5.74, 6) is -4.15. The lowest BCUT2D eigenvalue weighted by atomic mass is 10.1. The van der Waals surface area contributed by atoms with Crippen LogP contribution >= 0.6 is 22.6 Å². The molecule has 5 nitrogen and oxygen atoms in total. The minimum absolute atomic E-state index is 0.0335. The first-order chi connectivity index (χ1) is 11.3. The Balaban J connectivity index is 2.42. The van der Waals surface area contributed by atoms with Crippen LogP contribution in [0.4, 0.5) is 18.9 Å². The molecule has 0 saturated heterocycles. The van der Waals surface area contributed by atoms with E-state index in [0.717, 1.165) is 12.1 Å². The molecule has 122 valence electrons. The van der Waals surface area contributed by atoms with Crippen LogP contribution in [0, 0.1) is 32.4 Å². The number of hydrogen-bond acceptors (Lipinski definition) is 4. The van der Waals surface area contributed by atoms with Crippen molar-refractivity contribution in [2.75, 3.05) is 0 Å². The molecule has 1 unspecified atom stereocenters. The van der Waals surface area contributed by atoms with E-state index in [9.17, 15) is 18.0 Å². The van der Waals surface area contributed by atoms with E-state index in [0.29, 0.717) is 0 Å². The number of nitrogens with zero attached hydrogens (tertiary/aromatic N) is 3. The summed E-state index contributed by atoms with van der Waals surface area (Å²) in [6.45, 7) is 0. The minimum atomic E-state index is -1.56. The average Bonchev–Trinajstić information content (AvgIpc) is 2.55. The molecule has 2 aromatic rings. The van der Waals surface area contributed by atoms with Gasteiger partial charge in [-0.05, 0) is 46.9 Å². The standard InChI is InChI=1S/C15H8F3IN4O/c16-10-3-1-8(5-7(10)6-20)22-23-14(15(21)24)9-2-4-11(19)13(18)12(9)17/h1-5,14H,(H2,21,24). The summed E-state index contributed by atoms with van der Waals surface area (Å²) in [5.41, 5.74) is 4.60. The Bertz CT molecular complexity index is 880. The first-order valence-corrected chi connectivity index (χ1v) is 7.46. The number of amides is 1. The van der Waals surface area contributed by atoms with Gasteiger partial charge in [0.15, 0.2) is 17.7 Å². The maximum atomic E-state index is 14.0. The van der Waals surface area contributed by atoms with Gasteiger partial charge < -0.3 is 5.73 Å². The summed E-state index contributed by atoms with van der Waals surface area (Å²) in [4.78, 5) is 11.5. The first-order valence-electron chi connectivity index (χ1n) is 6.38. The van der Waals surface area contributed by atoms with E-state index < -0.39 is 29.4 Å². The summed E-state index contributed by atoms with van der Waals surface area (Å²) >= 11 is 1.60. The molecular formula is C15H8F3IN4O. The van der Waals surface area contributed by atoms with Gasteiger partial charge in [-0.15, -0.1) is 0 Å². The summed E-state index contributed by atoms with van der Waals surface area (Å²) < 4.78 is 40.9. The molecule has 0 aromatic heterocycles. The van der Waals surface area contributed by atoms with Gasteiger partial charge in [-0.25, -0.2) is 13.2 Å². The molecule has 2 N–H and O–H groups in total. The summed E-state index contributed by atoms with van der Waals surface area (Å²) in [5, 5.41) is 16.0. The topological polar surface area (TPSA) is 91.6 Å². The van der Waals surface area contributed by atoms with Crippen molar-refractivity contribution in [3.63, 3.8) is 0 Å². The number of carbonyl (C=O) groups excluding carboxylic acids is 1. The van der Waals surface area contributed by atoms with Crippen molar-refractivity contribution >= 4 is 34.2 Å². The molecule has 0 heterocycles. The Hall–Kier alpha value is -2.48. The number of nitriles is 1. The molecule has 0 aliphatic carbocycles. The van der Waals surface area contributed by atoms with Crippen LogP contribution < -0.4 is 5.73 Å². The van der Waals surface area contributed by atoms with Crippen LogP contribution in [0.5, 0.6) is 0 Å². The van der Waals surface area contributed by atoms with Crippen LogP contribution in [0.25, 0.3) is 0 Å². The lowest BCUT2D eigenvalue weighted by Gasteiger charge is -2.10. The summed E-state index contributed by atoms with van der Waals surface area (Å²) in [6, 6.07) is 5.82. The molecule has 9 heteroatoms. The second kappa shape index (κ2) is 7.39. The van der Waals surface area contributed by atoms with Gasteiger partial charge in [0.1, 0.15) is 11.9 Å². The maximum absolute atomic E-state index is 14.0. The van der Waals surface area contributed by atoms with Gasteiger partial charge in [-0.1, -0.05) is 6.07 Å². The zero-order chi connectivity index (χ0) is 17.9. The van der Waals surface area contributed by atoms with Gasteiger partial charge in [-0.3, -0.25) is 4.79 Å². The second-order valence-corrected chi connectivity index (χ2v) is 5.72. The average molecular weight is 444 g/mol. The molecule has 1 amide bonds. The number of azo groups is 1. The quantitative estimate of drug-likeness (QED) is 0.441. The van der Waals surface area contributed by atoms with Crippen LogP contribution in [0.1, 0.15) is 17.2 Å². The molecule has 0 bridgehead atoms. The van der Waals surface area contributed by atoms with E-state index >= 15 is 0 Å². The molecule has 0 spiro atoms. The van der Waals surface area contributed by atoms with Crippen molar-refractivity contribution < 1.29 is 18.0 Å². The number of rotatable bonds is 4. The monoisotopic (exact) mass is 444 g/mol. The number of primary amides is 1. The van der Waals surface area contributed by atoms with Crippen LogP contribution in [0.2, 0.25) is 0 Å². The number of benzene rings is 2. The minimum Gasteiger partial charge on any atom is -0.367 e. The molecule has 0 saturated carbocycles. The second-order valence-electron chi connectivity index (χ2n) is 4.56. The lowest BCUT2D eigenvalue weighted by Crippen LogP contribution is -2.21. The van der Waals surface area contributed by atoms with E-state index in [4.69, 9.17) is 11.0 Å². The van der Waals surface area contributed by atoms with Gasteiger partial charge in [0.2, 0.25) is 5.91 Å². The highest BCUT2D eigenvalue weighted by Crippen LogP contribution is 2.27. The lowest BCUT2D eigenvalue weighted by molar-refractivity contribution is -0.119. The van der Waals surface area contributed by atoms with Crippen LogP contribution in [0.3, 0.4) is 0 Å². The third kappa shape index (κ3) is 3.70. The van der Waals surface area contributed by atoms with Gasteiger partial charge in [0, 0.05) is 5.56 Å². The van der Waals surface area contributed by atoms with Crippen LogP contribution in [0.15, 0.2) is 40.6 Å². The van der Waals surface area contributed by atoms with Crippen molar-refractivity contribution in [3.8, 4) is 6.07 Å². The highest BCUT2D eigenvalue weighted by Gasteiger charge is 2.24. The molecule has 0 radical (unpaired) electrons. The fourth-order valence-electron chi connectivity index (χ4n) is 1.81. The Morgan fingerprint density at radius 1 is 1.21 bits per heavy atom. The van der Waals surface area contributed by atoms with Crippen molar-refractivity contribution in [3.05, 3.63) is 62.5 Å². The fraction of sp³-hybridized carbons (Fsp3) is 0.0667. The summed E-state index contributed by atoms with van der Waals surface area (Å²) in [6.07, 6.45) is 0. The molecule has 0 aliphatic heterocycles. The molecule has 24 heavy (non-hydrogen) atoms. The molecular weight excluding hydrogens is 436 g/mol. The first kappa shape index (κ1) is 17.9. The van der Waals surface area contributed by atoms with Crippen molar-refractivity contribution in [2.45, 2.75) is 6.04 Å². The Labute approximate surface area is 148 Å². The predicted octanol–water partition coefficient (Wildman–Crippen LogP) is 3.89. The van der Waals surface area contributed by atoms with Gasteiger partial charge in [-0.2, -0.15) is 15.5 Å². The van der Waals surface area contributed by atoms with Gasteiger partial charge in [0.05, 0.1) is 14.8 Å². The Morgan fingerprint density at radius 2 is 1.92 bits per heavy atom. The molecule has 0 aliphatic rings. The maximum Gasteiger partial charge on any atom is 0.248 e. The van der Waals surface area contributed by atoms with Crippen LogP contribution in [-0.4, -0.2) is 5.91 Å². The van der Waals surface area contributed by atoms with Crippen molar-refractivity contribution in [1.29, 1.82) is 5.26 Å². The van der Waals surface area contributed by atoms with Gasteiger partial charge >= 0.3 is 0 Å². The summed E-state index contributed by atoms with van der Waals surface area (Å²) in [7, 11) is 0. The number of carbonyl (C=O) groups is 1. The Morgan fingerprint density at radius 3 is 2.54 bits per heavy atom. The highest BCUT2D eigenvalue weighted by molar-refractivity contribution is 14.1. The zero-order valence-corrected chi connectivity index (χ0v) is 14.0. The molecule has 2 rings (SSSR count). The zero-order valence-electron chi connectivity index (χ0n) is 11.8. The predicted molar refractivity (Wildman–Crippen MR) is 86.6 cm³/mol. The normalized spacial score (nSPS) is 12.1. The largest absolute Gasteiger partial charge is 0.367 e. The van der Waals surface area contributed by atoms with E-state index in [1.54, 1.807) is 28.7 Å². The van der Waals surface area contributed by atoms with E-state index in [1.165, 1.54) is 18.2 Å². The van der Waals surface area contributed by atoms with Crippen molar-refractivity contribution in [1.82, 2.24) is 0 Å². The molecule has 0 fully saturated rings. The van der Waals surface area contributed by atoms with E-state index in [-0.39, 0.29) is 20.4 Å². The van der Waals surface area contributed by atoms with E-state index in [1.807, 2.05) is 0 Å². The number of hydrogen-bond donors (Lipinski definition) is 1. The van der Waals surface area contributed by atoms with Crippen molar-refractivity contribution in [2.24, 2.45) is 16.0 Å². The SMILES string of the molecule is N#Cc1cc(N=NC(C(N)=O)c2ccc(I)c(F)c2F)ccc1F. The third-order valence-electron chi connectivity index (χ3n) is 2.99. The van der Waals surface area contributed by atoms with Gasteiger partial charge in [0.25, 0.3) is 0 Å². The molecule has 2 aromatic carbocycles. The number of nitrogens with two attached hydrogens (primary N) is 1. The fourth-order valence-corrected chi connectivity index (χ4v) is 2.23. The van der Waals surface area contributed by atoms with Crippen LogP contribution in [-0.2, 0) is 4.79 Å². The molecule has 1 atom stereocenters. The Kier molecular flexibility index (Phi) is 5.50. The smallest absolute Gasteiger partial charge is 0.248 e. The van der Waals surface area contributed by atoms with E-state index in [2.05, 4.69) is 10.2 Å². The highest BCUT2D eigenvalue weighted by atomic mass is 127.